The lowest BCUT2D eigenvalue weighted by atomic mass is 9.89. The molecule has 1 fully saturated rings. The van der Waals surface area contributed by atoms with Crippen LogP contribution in [-0.4, -0.2) is 34.1 Å². The van der Waals surface area contributed by atoms with E-state index in [1.165, 1.54) is 5.56 Å². The molecule has 3 heterocycles. The lowest BCUT2D eigenvalue weighted by Crippen LogP contribution is -2.44. The van der Waals surface area contributed by atoms with Crippen LogP contribution in [-0.2, 0) is 11.2 Å². The molecule has 1 saturated heterocycles. The lowest BCUT2D eigenvalue weighted by molar-refractivity contribution is -0.120. The van der Waals surface area contributed by atoms with Crippen LogP contribution < -0.4 is 9.64 Å². The van der Waals surface area contributed by atoms with E-state index in [0.717, 1.165) is 39.2 Å². The summed E-state index contributed by atoms with van der Waals surface area (Å²) in [5, 5.41) is 1.70. The van der Waals surface area contributed by atoms with Gasteiger partial charge in [0.2, 0.25) is 0 Å². The highest BCUT2D eigenvalue weighted by atomic mass is 32.1. The molecule has 6 rings (SSSR count). The van der Waals surface area contributed by atoms with Crippen molar-refractivity contribution in [2.45, 2.75) is 25.4 Å². The fourth-order valence-electron chi connectivity index (χ4n) is 5.27. The van der Waals surface area contributed by atoms with Crippen LogP contribution in [0, 0.1) is 6.92 Å². The highest BCUT2D eigenvalue weighted by Crippen LogP contribution is 2.45. The van der Waals surface area contributed by atoms with Crippen molar-refractivity contribution in [1.82, 2.24) is 9.88 Å². The van der Waals surface area contributed by atoms with Gasteiger partial charge in [-0.1, -0.05) is 48.5 Å². The molecular weight excluding hydrogens is 430 g/mol. The Labute approximate surface area is 197 Å². The van der Waals surface area contributed by atoms with Crippen molar-refractivity contribution in [3.05, 3.63) is 95.2 Å². The molecule has 4 aromatic rings. The van der Waals surface area contributed by atoms with E-state index < -0.39 is 0 Å². The van der Waals surface area contributed by atoms with E-state index in [0.29, 0.717) is 11.5 Å². The fraction of sp³-hybridized carbons (Fsp3) is 0.185. The van der Waals surface area contributed by atoms with Gasteiger partial charge in [-0.05, 0) is 60.1 Å². The van der Waals surface area contributed by atoms with Crippen LogP contribution in [0.1, 0.15) is 28.4 Å². The topological polar surface area (TPSA) is 48.6 Å². The average Bonchev–Trinajstić information content (AvgIpc) is 3.33. The minimum absolute atomic E-state index is 0.0260. The van der Waals surface area contributed by atoms with Gasteiger partial charge in [0.15, 0.2) is 5.11 Å². The van der Waals surface area contributed by atoms with E-state index >= 15 is 0 Å². The number of hydrogen-bond donors (Lipinski definition) is 1. The Hall–Kier alpha value is -3.64. The number of hydrogen-bond acceptors (Lipinski definition) is 3. The third-order valence-electron chi connectivity index (χ3n) is 6.82. The maximum atomic E-state index is 13.8. The number of aromatic amines is 1. The van der Waals surface area contributed by atoms with Gasteiger partial charge in [0, 0.05) is 23.0 Å². The average molecular weight is 454 g/mol. The molecule has 33 heavy (non-hydrogen) atoms. The molecule has 0 bridgehead atoms. The number of para-hydroxylation sites is 2. The summed E-state index contributed by atoms with van der Waals surface area (Å²) in [5.74, 6) is 0.803. The Morgan fingerprint density at radius 2 is 1.82 bits per heavy atom. The highest BCUT2D eigenvalue weighted by Gasteiger charge is 2.51. The molecule has 0 spiro atoms. The molecule has 1 aromatic heterocycles. The second-order valence-corrected chi connectivity index (χ2v) is 8.98. The fourth-order valence-corrected chi connectivity index (χ4v) is 5.69. The first kappa shape index (κ1) is 20.0. The number of aryl methyl sites for hydroxylation is 1. The molecule has 0 radical (unpaired) electrons. The van der Waals surface area contributed by atoms with Crippen LogP contribution in [0.25, 0.3) is 10.9 Å². The standard InChI is InChI=1S/C27H23N3O2S/c1-16-8-3-6-13-22(16)30-26(31)23-15-20-19-11-4-5-12-21(19)28-24(20)25(29(23)27(30)33)17-9-7-10-18(14-17)32-2/h3-14,23,25,28H,15H2,1-2H3. The number of aromatic nitrogens is 1. The summed E-state index contributed by atoms with van der Waals surface area (Å²) in [6.07, 6.45) is 0.612. The summed E-state index contributed by atoms with van der Waals surface area (Å²) in [5.41, 5.74) is 6.25. The largest absolute Gasteiger partial charge is 0.497 e. The Kier molecular flexibility index (Phi) is 4.52. The number of carbonyl (C=O) groups excluding carboxylic acids is 1. The lowest BCUT2D eigenvalue weighted by Gasteiger charge is -2.37. The number of rotatable bonds is 3. The van der Waals surface area contributed by atoms with E-state index in [4.69, 9.17) is 17.0 Å². The quantitative estimate of drug-likeness (QED) is 0.437. The first-order valence-electron chi connectivity index (χ1n) is 11.0. The molecule has 2 unspecified atom stereocenters. The molecular formula is C27H23N3O2S. The number of thiocarbonyl (C=S) groups is 1. The summed E-state index contributed by atoms with van der Waals surface area (Å²) in [4.78, 5) is 21.3. The van der Waals surface area contributed by atoms with Gasteiger partial charge in [-0.15, -0.1) is 0 Å². The van der Waals surface area contributed by atoms with E-state index in [1.807, 2.05) is 61.5 Å². The van der Waals surface area contributed by atoms with Crippen LogP contribution in [0.3, 0.4) is 0 Å². The zero-order valence-electron chi connectivity index (χ0n) is 18.4. The number of anilines is 1. The van der Waals surface area contributed by atoms with E-state index in [1.54, 1.807) is 12.0 Å². The van der Waals surface area contributed by atoms with Gasteiger partial charge < -0.3 is 14.6 Å². The Morgan fingerprint density at radius 3 is 2.64 bits per heavy atom. The van der Waals surface area contributed by atoms with Crippen molar-refractivity contribution in [2.75, 3.05) is 12.0 Å². The highest BCUT2D eigenvalue weighted by molar-refractivity contribution is 7.80. The van der Waals surface area contributed by atoms with Crippen LogP contribution in [0.15, 0.2) is 72.8 Å². The Bertz CT molecular complexity index is 1430. The van der Waals surface area contributed by atoms with Gasteiger partial charge in [0.05, 0.1) is 18.8 Å². The van der Waals surface area contributed by atoms with E-state index in [9.17, 15) is 4.79 Å². The molecule has 0 saturated carbocycles. The predicted octanol–water partition coefficient (Wildman–Crippen LogP) is 5.13. The van der Waals surface area contributed by atoms with Gasteiger partial charge in [0.25, 0.3) is 5.91 Å². The monoisotopic (exact) mass is 453 g/mol. The molecule has 1 N–H and O–H groups in total. The minimum atomic E-state index is -0.361. The number of ether oxygens (including phenoxy) is 1. The van der Waals surface area contributed by atoms with Crippen LogP contribution >= 0.6 is 12.2 Å². The second-order valence-electron chi connectivity index (χ2n) is 8.61. The number of amides is 1. The normalized spacial score (nSPS) is 19.7. The molecule has 5 nitrogen and oxygen atoms in total. The number of nitrogens with one attached hydrogen (secondary N) is 1. The van der Waals surface area contributed by atoms with Crippen molar-refractivity contribution in [3.8, 4) is 5.75 Å². The zero-order valence-corrected chi connectivity index (χ0v) is 19.2. The number of fused-ring (bicyclic) bond motifs is 4. The van der Waals surface area contributed by atoms with Crippen molar-refractivity contribution in [2.24, 2.45) is 0 Å². The van der Waals surface area contributed by atoms with Gasteiger partial charge in [-0.2, -0.15) is 0 Å². The number of methoxy groups -OCH3 is 1. The van der Waals surface area contributed by atoms with Gasteiger partial charge in [0.1, 0.15) is 11.8 Å². The van der Waals surface area contributed by atoms with Gasteiger partial charge in [-0.25, -0.2) is 0 Å². The van der Waals surface area contributed by atoms with Gasteiger partial charge >= 0.3 is 0 Å². The smallest absolute Gasteiger partial charge is 0.256 e. The van der Waals surface area contributed by atoms with Crippen LogP contribution in [0.5, 0.6) is 5.75 Å². The summed E-state index contributed by atoms with van der Waals surface area (Å²) in [6, 6.07) is 23.6. The number of H-pyrrole nitrogens is 1. The first-order chi connectivity index (χ1) is 16.1. The molecule has 2 aliphatic rings. The summed E-state index contributed by atoms with van der Waals surface area (Å²) >= 11 is 5.99. The predicted molar refractivity (Wildman–Crippen MR) is 134 cm³/mol. The van der Waals surface area contributed by atoms with E-state index in [2.05, 4.69) is 28.1 Å². The summed E-state index contributed by atoms with van der Waals surface area (Å²) in [7, 11) is 1.67. The summed E-state index contributed by atoms with van der Waals surface area (Å²) < 4.78 is 5.52. The third-order valence-corrected chi connectivity index (χ3v) is 7.21. The maximum absolute atomic E-state index is 13.8. The number of nitrogens with zero attached hydrogens (tertiary/aromatic N) is 2. The molecule has 0 aliphatic carbocycles. The van der Waals surface area contributed by atoms with Crippen molar-refractivity contribution < 1.29 is 9.53 Å². The van der Waals surface area contributed by atoms with Crippen molar-refractivity contribution >= 4 is 39.8 Å². The van der Waals surface area contributed by atoms with Crippen molar-refractivity contribution in [3.63, 3.8) is 0 Å². The second kappa shape index (κ2) is 7.46. The molecule has 2 atom stereocenters. The van der Waals surface area contributed by atoms with Gasteiger partial charge in [-0.3, -0.25) is 9.69 Å². The van der Waals surface area contributed by atoms with Crippen molar-refractivity contribution in [1.29, 1.82) is 0 Å². The third kappa shape index (κ3) is 2.91. The molecule has 3 aromatic carbocycles. The molecule has 2 aliphatic heterocycles. The Balaban J connectivity index is 1.56. The van der Waals surface area contributed by atoms with Crippen LogP contribution in [0.2, 0.25) is 0 Å². The number of benzene rings is 3. The first-order valence-corrected chi connectivity index (χ1v) is 11.4. The minimum Gasteiger partial charge on any atom is -0.497 e. The molecule has 6 heteroatoms. The van der Waals surface area contributed by atoms with Crippen LogP contribution in [0.4, 0.5) is 5.69 Å². The summed E-state index contributed by atoms with van der Waals surface area (Å²) in [6.45, 7) is 2.01. The molecule has 164 valence electrons. The molecule has 1 amide bonds. The zero-order chi connectivity index (χ0) is 22.7. The Morgan fingerprint density at radius 1 is 1.03 bits per heavy atom. The SMILES string of the molecule is COc1cccc(C2c3[nH]c4ccccc4c3CC3C(=O)N(c4ccccc4C)C(=S)N32)c1. The van der Waals surface area contributed by atoms with E-state index in [-0.39, 0.29) is 18.0 Å². The number of carbonyl (C=O) groups is 1. The maximum Gasteiger partial charge on any atom is 0.256 e.